The van der Waals surface area contributed by atoms with E-state index >= 15 is 0 Å². The van der Waals surface area contributed by atoms with Crippen LogP contribution in [0.1, 0.15) is 102 Å². The van der Waals surface area contributed by atoms with E-state index in [0.29, 0.717) is 5.41 Å². The van der Waals surface area contributed by atoms with Gasteiger partial charge in [-0.2, -0.15) is 0 Å². The van der Waals surface area contributed by atoms with Crippen LogP contribution in [0.5, 0.6) is 0 Å². The maximum Gasteiger partial charge on any atom is -0.0185 e. The first kappa shape index (κ1) is 30.1. The van der Waals surface area contributed by atoms with Gasteiger partial charge in [-0.25, -0.2) is 0 Å². The largest absolute Gasteiger partial charge is 0.0919 e. The first-order chi connectivity index (χ1) is 10.3. The minimum absolute atomic E-state index is 0. The second-order valence-electron chi connectivity index (χ2n) is 6.69. The highest BCUT2D eigenvalue weighted by Crippen LogP contribution is 2.30. The third-order valence-corrected chi connectivity index (χ3v) is 3.33. The molecule has 0 aliphatic heterocycles. The maximum atomic E-state index is 2.39. The van der Waals surface area contributed by atoms with E-state index in [-0.39, 0.29) is 7.43 Å². The fourth-order valence-corrected chi connectivity index (χ4v) is 1.97. The van der Waals surface area contributed by atoms with Crippen molar-refractivity contribution < 1.29 is 0 Å². The average Bonchev–Trinajstić information content (AvgIpc) is 3.05. The summed E-state index contributed by atoms with van der Waals surface area (Å²) in [6, 6.07) is 0. The van der Waals surface area contributed by atoms with Gasteiger partial charge in [0.1, 0.15) is 0 Å². The van der Waals surface area contributed by atoms with Crippen molar-refractivity contribution in [1.29, 1.82) is 0 Å². The van der Waals surface area contributed by atoms with E-state index in [2.05, 4.69) is 59.8 Å². The zero-order valence-corrected chi connectivity index (χ0v) is 17.3. The van der Waals surface area contributed by atoms with Gasteiger partial charge in [0.15, 0.2) is 0 Å². The summed E-state index contributed by atoms with van der Waals surface area (Å²) in [5.74, 6) is 0.729. The van der Waals surface area contributed by atoms with Crippen LogP contribution < -0.4 is 0 Å². The second-order valence-corrected chi connectivity index (χ2v) is 6.69. The first-order valence-electron chi connectivity index (χ1n) is 9.16. The van der Waals surface area contributed by atoms with Crippen molar-refractivity contribution in [2.45, 2.75) is 102 Å². The zero-order chi connectivity index (χ0) is 18.0. The molecule has 0 heterocycles. The van der Waals surface area contributed by atoms with Crippen molar-refractivity contribution in [3.05, 3.63) is 36.0 Å². The Hall–Kier alpha value is -0.780. The SMILES string of the molecule is C.C/C=C\C.C1=CCCC1.CC.CCC(C=C(C)C)C(C)(C)C. The summed E-state index contributed by atoms with van der Waals surface area (Å²) < 4.78 is 0. The summed E-state index contributed by atoms with van der Waals surface area (Å²) >= 11 is 0. The van der Waals surface area contributed by atoms with Crippen molar-refractivity contribution in [3.63, 3.8) is 0 Å². The van der Waals surface area contributed by atoms with Gasteiger partial charge >= 0.3 is 0 Å². The Labute approximate surface area is 150 Å². The average molecular weight is 325 g/mol. The monoisotopic (exact) mass is 324 g/mol. The van der Waals surface area contributed by atoms with E-state index in [1.165, 1.54) is 31.3 Å². The molecule has 1 unspecified atom stereocenters. The predicted molar refractivity (Wildman–Crippen MR) is 114 cm³/mol. The van der Waals surface area contributed by atoms with E-state index in [0.717, 1.165) is 5.92 Å². The summed E-state index contributed by atoms with van der Waals surface area (Å²) in [5, 5.41) is 0. The molecule has 1 aliphatic rings. The Kier molecular flexibility index (Phi) is 27.8. The van der Waals surface area contributed by atoms with E-state index < -0.39 is 0 Å². The van der Waals surface area contributed by atoms with Crippen molar-refractivity contribution in [3.8, 4) is 0 Å². The van der Waals surface area contributed by atoms with E-state index in [1.807, 2.05) is 39.8 Å². The van der Waals surface area contributed by atoms with Crippen molar-refractivity contribution in [2.75, 3.05) is 0 Å². The van der Waals surface area contributed by atoms with E-state index in [4.69, 9.17) is 0 Å². The molecule has 140 valence electrons. The highest BCUT2D eigenvalue weighted by atomic mass is 14.2. The van der Waals surface area contributed by atoms with Crippen molar-refractivity contribution in [1.82, 2.24) is 0 Å². The molecule has 0 radical (unpaired) electrons. The Bertz CT molecular complexity index is 270. The first-order valence-corrected chi connectivity index (χ1v) is 9.16. The topological polar surface area (TPSA) is 0 Å². The van der Waals surface area contributed by atoms with Gasteiger partial charge in [-0.05, 0) is 64.7 Å². The number of hydrogen-bond donors (Lipinski definition) is 0. The van der Waals surface area contributed by atoms with Gasteiger partial charge in [-0.1, -0.05) is 84.9 Å². The lowest BCUT2D eigenvalue weighted by Gasteiger charge is -2.27. The van der Waals surface area contributed by atoms with Gasteiger partial charge in [0.25, 0.3) is 0 Å². The lowest BCUT2D eigenvalue weighted by Crippen LogP contribution is -2.17. The molecule has 0 aromatic carbocycles. The Morgan fingerprint density at radius 3 is 1.48 bits per heavy atom. The lowest BCUT2D eigenvalue weighted by atomic mass is 9.78. The molecule has 0 amide bonds. The summed E-state index contributed by atoms with van der Waals surface area (Å²) in [4.78, 5) is 0. The Balaban J connectivity index is -0.000000125. The molecule has 0 bridgehead atoms. The fraction of sp³-hybridized carbons (Fsp3) is 0.739. The molecule has 0 saturated heterocycles. The van der Waals surface area contributed by atoms with E-state index in [1.54, 1.807) is 0 Å². The number of allylic oxidation sites excluding steroid dienone is 6. The minimum Gasteiger partial charge on any atom is -0.0919 e. The number of rotatable bonds is 2. The summed E-state index contributed by atoms with van der Waals surface area (Å²) in [5.41, 5.74) is 1.86. The molecule has 1 aliphatic carbocycles. The standard InChI is InChI=1S/C11H22.C5H8.C4H8.C2H6.CH4/c1-7-10(8-9(2)3)11(4,5)6;1-2-4-5-3-1;1-3-4-2;1-2;/h8,10H,7H2,1-6H3;1-2H,3-5H2;3-4H,1-2H3;1-2H3;1H4/b;;4-3-;;. The van der Waals surface area contributed by atoms with Crippen LogP contribution in [-0.2, 0) is 0 Å². The summed E-state index contributed by atoms with van der Waals surface area (Å²) in [6.07, 6.45) is 16.1. The molecule has 23 heavy (non-hydrogen) atoms. The smallest absolute Gasteiger partial charge is 0.0185 e. The van der Waals surface area contributed by atoms with Crippen molar-refractivity contribution in [2.24, 2.45) is 11.3 Å². The van der Waals surface area contributed by atoms with Crippen LogP contribution in [0.25, 0.3) is 0 Å². The third kappa shape index (κ3) is 26.4. The fourth-order valence-electron chi connectivity index (χ4n) is 1.97. The molecule has 1 atom stereocenters. The van der Waals surface area contributed by atoms with Gasteiger partial charge in [0.05, 0.1) is 0 Å². The zero-order valence-electron chi connectivity index (χ0n) is 17.3. The lowest BCUT2D eigenvalue weighted by molar-refractivity contribution is 0.285. The van der Waals surface area contributed by atoms with Crippen LogP contribution in [0.2, 0.25) is 0 Å². The van der Waals surface area contributed by atoms with Crippen LogP contribution >= 0.6 is 0 Å². The molecule has 0 N–H and O–H groups in total. The van der Waals surface area contributed by atoms with Crippen molar-refractivity contribution >= 4 is 0 Å². The Morgan fingerprint density at radius 1 is 1.00 bits per heavy atom. The third-order valence-electron chi connectivity index (χ3n) is 3.33. The molecule has 0 saturated carbocycles. The highest BCUT2D eigenvalue weighted by Gasteiger charge is 2.19. The normalized spacial score (nSPS) is 13.3. The van der Waals surface area contributed by atoms with E-state index in [9.17, 15) is 0 Å². The van der Waals surface area contributed by atoms with Crippen LogP contribution in [0.3, 0.4) is 0 Å². The molecule has 0 heteroatoms. The molecule has 0 nitrogen and oxygen atoms in total. The quantitative estimate of drug-likeness (QED) is 0.444. The second kappa shape index (κ2) is 21.2. The van der Waals surface area contributed by atoms with Gasteiger partial charge in [0, 0.05) is 0 Å². The molecule has 0 fully saturated rings. The molecule has 0 spiro atoms. The molecule has 0 aromatic rings. The molecule has 1 rings (SSSR count). The van der Waals surface area contributed by atoms with Gasteiger partial charge < -0.3 is 0 Å². The predicted octanol–water partition coefficient (Wildman–Crippen LogP) is 9.00. The van der Waals surface area contributed by atoms with Gasteiger partial charge in [-0.15, -0.1) is 0 Å². The van der Waals surface area contributed by atoms with Crippen LogP contribution in [0.4, 0.5) is 0 Å². The van der Waals surface area contributed by atoms with Gasteiger partial charge in [0.2, 0.25) is 0 Å². The van der Waals surface area contributed by atoms with Gasteiger partial charge in [-0.3, -0.25) is 0 Å². The van der Waals surface area contributed by atoms with Crippen LogP contribution in [0.15, 0.2) is 36.0 Å². The maximum absolute atomic E-state index is 2.39. The van der Waals surface area contributed by atoms with Crippen LogP contribution in [-0.4, -0.2) is 0 Å². The summed E-state index contributed by atoms with van der Waals surface area (Å²) in [7, 11) is 0. The molecule has 0 aromatic heterocycles. The summed E-state index contributed by atoms with van der Waals surface area (Å²) in [6.45, 7) is 21.5. The van der Waals surface area contributed by atoms with Crippen LogP contribution in [0, 0.1) is 11.3 Å². The number of hydrogen-bond acceptors (Lipinski definition) is 0. The molecular formula is C23H48. The molecular weight excluding hydrogens is 276 g/mol. The minimum atomic E-state index is 0. The highest BCUT2D eigenvalue weighted by molar-refractivity contribution is 5.00. The Morgan fingerprint density at radius 2 is 1.39 bits per heavy atom.